The van der Waals surface area contributed by atoms with Crippen molar-refractivity contribution in [2.45, 2.75) is 102 Å². The number of nitro groups is 1. The lowest BCUT2D eigenvalue weighted by Gasteiger charge is -2.59. The first-order valence-electron chi connectivity index (χ1n) is 23.6. The fraction of sp³-hybridized carbons (Fsp3) is 0.500. The van der Waals surface area contributed by atoms with Gasteiger partial charge in [-0.05, 0) is 111 Å². The molecule has 7 atom stereocenters. The molecule has 0 radical (unpaired) electrons. The molecule has 0 spiro atoms. The fourth-order valence-corrected chi connectivity index (χ4v) is 10.2. The van der Waals surface area contributed by atoms with Crippen molar-refractivity contribution in [1.29, 1.82) is 0 Å². The van der Waals surface area contributed by atoms with Gasteiger partial charge in [-0.25, -0.2) is 9.59 Å². The topological polar surface area (TPSA) is 219 Å². The van der Waals surface area contributed by atoms with Gasteiger partial charge in [0.05, 0.1) is 29.8 Å². The molecule has 2 aliphatic carbocycles. The summed E-state index contributed by atoms with van der Waals surface area (Å²) < 4.78 is 43.7. The van der Waals surface area contributed by atoms with Crippen molar-refractivity contribution < 1.29 is 62.7 Å². The Morgan fingerprint density at radius 3 is 2.47 bits per heavy atom. The smallest absolute Gasteiger partial charge is 0.416 e. The molecule has 68 heavy (non-hydrogen) atoms. The van der Waals surface area contributed by atoms with E-state index in [1.54, 1.807) is 37.3 Å². The minimum atomic E-state index is -1.67. The lowest BCUT2D eigenvalue weighted by atomic mass is 9.55. The first-order valence-corrected chi connectivity index (χ1v) is 23.6. The van der Waals surface area contributed by atoms with Crippen molar-refractivity contribution in [3.63, 3.8) is 0 Å². The zero-order valence-electron chi connectivity index (χ0n) is 38.3. The Balaban J connectivity index is 1.34. The highest BCUT2D eigenvalue weighted by Crippen LogP contribution is 2.62. The van der Waals surface area contributed by atoms with Gasteiger partial charge in [0.25, 0.3) is 5.69 Å². The number of allylic oxidation sites excluding steroid dienone is 1. The molecular weight excluding hydrogens is 881 g/mol. The highest BCUT2D eigenvalue weighted by molar-refractivity contribution is 6.03. The summed E-state index contributed by atoms with van der Waals surface area (Å²) >= 11 is 0. The quantitative estimate of drug-likeness (QED) is 0.0420. The van der Waals surface area contributed by atoms with E-state index in [9.17, 15) is 25.1 Å². The van der Waals surface area contributed by atoms with E-state index in [1.165, 1.54) is 29.2 Å². The first-order chi connectivity index (χ1) is 33.2. The number of oxime groups is 1. The number of hydrogen-bond donors (Lipinski definition) is 3. The van der Waals surface area contributed by atoms with Gasteiger partial charge in [0, 0.05) is 62.8 Å². The van der Waals surface area contributed by atoms with Gasteiger partial charge in [-0.3, -0.25) is 15.0 Å². The number of aliphatic hydroxyl groups is 2. The maximum Gasteiger partial charge on any atom is 0.416 e. The van der Waals surface area contributed by atoms with Gasteiger partial charge < -0.3 is 53.5 Å². The normalized spacial score (nSPS) is 24.9. The second-order valence-electron chi connectivity index (χ2n) is 17.5. The van der Waals surface area contributed by atoms with Crippen LogP contribution in [0.15, 0.2) is 90.1 Å². The minimum Gasteiger partial charge on any atom is -0.459 e. The van der Waals surface area contributed by atoms with Gasteiger partial charge in [-0.2, -0.15) is 0 Å². The highest BCUT2D eigenvalue weighted by Gasteiger charge is 2.66. The molecule has 1 saturated heterocycles. The number of nitro benzene ring substituents is 1. The number of carbonyl (C=O) groups is 2. The highest BCUT2D eigenvalue weighted by atomic mass is 16.8. The number of amides is 2. The number of benzene rings is 3. The number of unbranched alkanes of at least 4 members (excludes halogenated alkanes) is 2. The van der Waals surface area contributed by atoms with E-state index in [-0.39, 0.29) is 62.9 Å². The summed E-state index contributed by atoms with van der Waals surface area (Å²) in [5, 5.41) is 39.2. The Morgan fingerprint density at radius 1 is 0.971 bits per heavy atom. The number of hydrogen-bond acceptors (Lipinski definition) is 15. The van der Waals surface area contributed by atoms with Crippen molar-refractivity contribution in [2.24, 2.45) is 22.9 Å². The Labute approximate surface area is 394 Å². The van der Waals surface area contributed by atoms with Crippen LogP contribution in [0.5, 0.6) is 28.7 Å². The molecular formula is C50H60N4O14. The van der Waals surface area contributed by atoms with E-state index in [0.29, 0.717) is 79.5 Å². The lowest BCUT2D eigenvalue weighted by molar-refractivity contribution is -0.384. The van der Waals surface area contributed by atoms with Crippen LogP contribution in [-0.4, -0.2) is 95.8 Å². The third kappa shape index (κ3) is 10.6. The number of nitrogens with zero attached hydrogens (tertiary/aromatic N) is 3. The van der Waals surface area contributed by atoms with Crippen LogP contribution in [0, 0.1) is 27.9 Å². The van der Waals surface area contributed by atoms with E-state index in [0.717, 1.165) is 36.8 Å². The average molecular weight is 941 g/mol. The molecule has 7 unspecified atom stereocenters. The van der Waals surface area contributed by atoms with E-state index >= 15 is 4.79 Å². The SMILES string of the molecule is C=CCOC12Oc3ccc(OC(=O)NCC)cc3C3C(CCCCO)C(CCCCO)C=C(C(=NOC4CCCCO4)CC1N(Cc1ccc4c(c1)OCO4)C(=O)Oc1ccc([N+](=O)[O-])cc1)C32. The van der Waals surface area contributed by atoms with E-state index < -0.39 is 47.1 Å². The molecule has 18 nitrogen and oxygen atoms in total. The molecule has 3 aromatic rings. The van der Waals surface area contributed by atoms with Crippen LogP contribution in [0.4, 0.5) is 15.3 Å². The van der Waals surface area contributed by atoms with Crippen molar-refractivity contribution in [1.82, 2.24) is 10.2 Å². The largest absolute Gasteiger partial charge is 0.459 e. The molecule has 364 valence electrons. The van der Waals surface area contributed by atoms with E-state index in [1.807, 2.05) is 12.1 Å². The third-order valence-corrected chi connectivity index (χ3v) is 13.2. The lowest BCUT2D eigenvalue weighted by Crippen LogP contribution is -2.70. The van der Waals surface area contributed by atoms with Crippen molar-refractivity contribution in [3.8, 4) is 28.7 Å². The van der Waals surface area contributed by atoms with Gasteiger partial charge in [0.1, 0.15) is 23.3 Å². The number of rotatable bonds is 20. The molecule has 2 fully saturated rings. The Hall–Kier alpha value is -6.21. The Bertz CT molecular complexity index is 2330. The number of fused-ring (bicyclic) bond motifs is 3. The summed E-state index contributed by atoms with van der Waals surface area (Å²) in [7, 11) is 0. The van der Waals surface area contributed by atoms with Gasteiger partial charge in [0.2, 0.25) is 18.9 Å². The number of ether oxygens (including phenoxy) is 7. The van der Waals surface area contributed by atoms with Crippen LogP contribution >= 0.6 is 0 Å². The second kappa shape index (κ2) is 22.3. The molecule has 2 amide bonds. The summed E-state index contributed by atoms with van der Waals surface area (Å²) in [4.78, 5) is 46.9. The van der Waals surface area contributed by atoms with Crippen molar-refractivity contribution in [2.75, 3.05) is 39.8 Å². The van der Waals surface area contributed by atoms with Gasteiger partial charge in [0.15, 0.2) is 11.5 Å². The van der Waals surface area contributed by atoms with E-state index in [4.69, 9.17) is 43.2 Å². The summed E-state index contributed by atoms with van der Waals surface area (Å²) in [5.74, 6) is -1.08. The second-order valence-corrected chi connectivity index (χ2v) is 17.5. The van der Waals surface area contributed by atoms with Crippen LogP contribution in [0.1, 0.15) is 88.2 Å². The molecule has 3 aromatic carbocycles. The summed E-state index contributed by atoms with van der Waals surface area (Å²) in [6.45, 7) is 6.75. The van der Waals surface area contributed by atoms with Crippen LogP contribution < -0.4 is 29.0 Å². The number of non-ortho nitro benzene ring substituents is 1. The average Bonchev–Trinajstić information content (AvgIpc) is 3.82. The van der Waals surface area contributed by atoms with Crippen molar-refractivity contribution in [3.05, 3.63) is 106 Å². The maximum absolute atomic E-state index is 15.2. The zero-order chi connectivity index (χ0) is 47.6. The maximum atomic E-state index is 15.2. The zero-order valence-corrected chi connectivity index (χ0v) is 38.3. The van der Waals surface area contributed by atoms with Gasteiger partial charge >= 0.3 is 12.2 Å². The number of nitrogens with one attached hydrogen (secondary N) is 1. The molecule has 18 heteroatoms. The van der Waals surface area contributed by atoms with Crippen molar-refractivity contribution >= 4 is 23.6 Å². The monoisotopic (exact) mass is 940 g/mol. The predicted octanol–water partition coefficient (Wildman–Crippen LogP) is 8.29. The standard InChI is InChI=1S/C50H60N4O14/c1-3-24-64-50-44(53(30-32-14-20-42-43(26-32)63-31-62-42)49(58)66-35-17-15-34(16-18-35)54(59)60)29-40(52-68-45-13-7-10-25-61-45)38-27-33(11-5-8-22-55)37(12-6-9-23-56)46(47(38)50)39-28-36(19-21-41(39)67-50)65-48(57)51-4-2/h3,14-21,26-28,33,37,44-47,55-56H,1,4-13,22-25,29-31H2,2H3,(H,51,57). The van der Waals surface area contributed by atoms with Gasteiger partial charge in [-0.15, -0.1) is 6.58 Å². The van der Waals surface area contributed by atoms with Gasteiger partial charge in [-0.1, -0.05) is 36.2 Å². The molecule has 3 N–H and O–H groups in total. The van der Waals surface area contributed by atoms with Crippen LogP contribution in [0.25, 0.3) is 0 Å². The summed E-state index contributed by atoms with van der Waals surface area (Å²) in [5.41, 5.74) is 2.58. The molecule has 3 heterocycles. The first kappa shape index (κ1) is 48.3. The van der Waals surface area contributed by atoms with Crippen LogP contribution in [0.3, 0.4) is 0 Å². The fourth-order valence-electron chi connectivity index (χ4n) is 10.2. The molecule has 0 bridgehead atoms. The Morgan fingerprint density at radius 2 is 1.74 bits per heavy atom. The molecule has 0 aromatic heterocycles. The number of aliphatic hydroxyl groups excluding tert-OH is 2. The van der Waals surface area contributed by atoms with E-state index in [2.05, 4.69) is 18.0 Å². The number of carbonyl (C=O) groups excluding carboxylic acids is 2. The predicted molar refractivity (Wildman–Crippen MR) is 247 cm³/mol. The Kier molecular flexibility index (Phi) is 15.8. The van der Waals surface area contributed by atoms with Crippen LogP contribution in [0.2, 0.25) is 0 Å². The molecule has 5 aliphatic rings. The molecule has 1 saturated carbocycles. The summed E-state index contributed by atoms with van der Waals surface area (Å²) in [6.07, 6.45) is 8.33. The minimum absolute atomic E-state index is 0.00395. The third-order valence-electron chi connectivity index (χ3n) is 13.2. The molecule has 3 aliphatic heterocycles. The molecule has 8 rings (SSSR count). The summed E-state index contributed by atoms with van der Waals surface area (Å²) in [6, 6.07) is 14.9. The van der Waals surface area contributed by atoms with Crippen LogP contribution in [-0.2, 0) is 20.9 Å².